The van der Waals surface area contributed by atoms with Gasteiger partial charge in [0.2, 0.25) is 37.3 Å². The molecule has 370 valence electrons. The molecule has 5 aromatic carbocycles. The Bertz CT molecular complexity index is 3250. The Balaban J connectivity index is 0.000000299. The third-order valence-corrected chi connectivity index (χ3v) is 11.3. The number of anilines is 6. The van der Waals surface area contributed by atoms with Gasteiger partial charge in [0, 0.05) is 85.1 Å². The van der Waals surface area contributed by atoms with Gasteiger partial charge >= 0.3 is 0 Å². The first-order chi connectivity index (χ1) is 31.6. The second-order valence-electron chi connectivity index (χ2n) is 15.1. The second kappa shape index (κ2) is 23.7. The molecule has 0 saturated heterocycles. The quantitative estimate of drug-likeness (QED) is 0.0272. The van der Waals surface area contributed by atoms with Crippen LogP contribution < -0.4 is 35.3 Å². The summed E-state index contributed by atoms with van der Waals surface area (Å²) in [5, 5.41) is 28.8. The van der Waals surface area contributed by atoms with Crippen LogP contribution in [-0.2, 0) is 29.6 Å². The lowest BCUT2D eigenvalue weighted by molar-refractivity contribution is -0.115. The molecule has 69 heavy (non-hydrogen) atoms. The number of fused-ring (bicyclic) bond motifs is 5. The van der Waals surface area contributed by atoms with Crippen LogP contribution in [0.15, 0.2) is 99.3 Å². The number of amides is 2. The van der Waals surface area contributed by atoms with Crippen LogP contribution in [0.25, 0.3) is 44.1 Å². The van der Waals surface area contributed by atoms with Gasteiger partial charge in [0.15, 0.2) is 11.3 Å². The van der Waals surface area contributed by atoms with Crippen LogP contribution >= 0.6 is 12.4 Å². The second-order valence-corrected chi connectivity index (χ2v) is 18.6. The lowest BCUT2D eigenvalue weighted by Gasteiger charge is -2.21. The number of rotatable bonds is 13. The van der Waals surface area contributed by atoms with Crippen molar-refractivity contribution in [2.75, 3.05) is 68.6 Å². The molecule has 22 heteroatoms. The van der Waals surface area contributed by atoms with Gasteiger partial charge in [0.05, 0.1) is 29.6 Å². The number of aromatic nitrogens is 1. The molecule has 6 N–H and O–H groups in total. The number of phenols is 2. The van der Waals surface area contributed by atoms with Crippen LogP contribution in [0, 0.1) is 4.91 Å². The van der Waals surface area contributed by atoms with Crippen molar-refractivity contribution in [2.45, 2.75) is 49.0 Å². The molecule has 0 spiro atoms. The van der Waals surface area contributed by atoms with Crippen LogP contribution in [-0.4, -0.2) is 82.5 Å². The highest BCUT2D eigenvalue weighted by atomic mass is 35.5. The molecule has 2 amide bonds. The Morgan fingerprint density at radius 3 is 1.77 bits per heavy atom. The van der Waals surface area contributed by atoms with E-state index in [1.54, 1.807) is 54.6 Å². The monoisotopic (exact) mass is 1010 g/mol. The van der Waals surface area contributed by atoms with Crippen molar-refractivity contribution in [1.82, 2.24) is 4.98 Å². The highest BCUT2D eigenvalue weighted by Gasteiger charge is 2.26. The van der Waals surface area contributed by atoms with E-state index in [1.807, 2.05) is 45.9 Å². The number of halogens is 1. The summed E-state index contributed by atoms with van der Waals surface area (Å²) in [6.45, 7) is 14.1. The first-order valence-electron chi connectivity index (χ1n) is 20.9. The molecule has 1 heterocycles. The zero-order valence-corrected chi connectivity index (χ0v) is 40.9. The van der Waals surface area contributed by atoms with Gasteiger partial charge in [-0.25, -0.2) is 21.8 Å². The maximum absolute atomic E-state index is 13.3. The van der Waals surface area contributed by atoms with Crippen molar-refractivity contribution >= 4 is 117 Å². The van der Waals surface area contributed by atoms with E-state index in [0.29, 0.717) is 32.9 Å². The normalized spacial score (nSPS) is 10.9. The standard InChI is InChI=1S/C23H24N4O5S.C13H14N2O4S.C10H14N2O2.CH4.ClH/c1-5-27(6-2)14-10-11-16-18(12-14)32-23-20(25-16)19-15(22(29)21(23)24-13(3)28)8-7-9-17(19)26-33(4,30)31;1-8(16)14-12-7-6-9-10(13(12)17)4-3-5-11(9)15-20(2,18)19;1-3-12(4-2)8-5-6-9(11-14)10(13)7-8;;/h7-12,26H,5-6H2,1-4H3,(H,24,28);3-7,15,17H,1-2H3,(H,14,16);5-7,13H,3-4H2,1-2H3;1H4;1H. The van der Waals surface area contributed by atoms with Crippen molar-refractivity contribution in [3.8, 4) is 23.0 Å². The molecule has 0 radical (unpaired) electrons. The summed E-state index contributed by atoms with van der Waals surface area (Å²) >= 11 is 0. The Morgan fingerprint density at radius 1 is 0.696 bits per heavy atom. The molecule has 0 unspecified atom stereocenters. The van der Waals surface area contributed by atoms with E-state index in [4.69, 9.17) is 9.40 Å². The van der Waals surface area contributed by atoms with Gasteiger partial charge in [-0.3, -0.25) is 23.8 Å². The minimum Gasteiger partial charge on any atom is -0.505 e. The molecule has 5 aromatic rings. The largest absolute Gasteiger partial charge is 0.505 e. The molecule has 0 saturated carbocycles. The van der Waals surface area contributed by atoms with Gasteiger partial charge in [-0.2, -0.15) is 0 Å². The van der Waals surface area contributed by atoms with Crippen molar-refractivity contribution in [3.63, 3.8) is 0 Å². The number of carbonyl (C=O) groups excluding carboxylic acids is 2. The van der Waals surface area contributed by atoms with E-state index in [1.165, 1.54) is 26.0 Å². The van der Waals surface area contributed by atoms with Crippen LogP contribution in [0.3, 0.4) is 0 Å². The van der Waals surface area contributed by atoms with E-state index in [2.05, 4.69) is 35.1 Å². The maximum Gasteiger partial charge on any atom is 0.229 e. The average molecular weight is 1010 g/mol. The third kappa shape index (κ3) is 13.7. The SMILES string of the molecule is C.CC(=O)Nc1ccc2c(NS(C)(=O)=O)cccc2c1O.CCN(CC)c1ccc(N=O)c(O)c1.CCN(CC)c1ccc2nc3c4c(NS(C)(=O)=O)cccc4c(=O)c(NC(C)=O)c-3oc2c1.Cl. The highest BCUT2D eigenvalue weighted by Crippen LogP contribution is 2.40. The fraction of sp³-hybridized carbons (Fsp3) is 0.277. The van der Waals surface area contributed by atoms with Gasteiger partial charge in [0.1, 0.15) is 34.1 Å². The van der Waals surface area contributed by atoms with E-state index in [0.717, 1.165) is 50.1 Å². The van der Waals surface area contributed by atoms with E-state index >= 15 is 0 Å². The molecule has 0 atom stereocenters. The van der Waals surface area contributed by atoms with Gasteiger partial charge in [0.25, 0.3) is 0 Å². The topological polar surface area (TPSA) is 270 Å². The molecule has 0 fully saturated rings. The number of nitroso groups, excluding NO2 is 1. The number of phenolic OH excluding ortho intramolecular Hbond substituents is 2. The molecular weight excluding hydrogens is 952 g/mol. The lowest BCUT2D eigenvalue weighted by atomic mass is 10.0. The predicted molar refractivity (Wildman–Crippen MR) is 280 cm³/mol. The maximum atomic E-state index is 13.3. The number of sulfonamides is 2. The molecule has 0 aromatic heterocycles. The molecule has 0 bridgehead atoms. The van der Waals surface area contributed by atoms with E-state index in [-0.39, 0.29) is 76.8 Å². The van der Waals surface area contributed by atoms with Gasteiger partial charge < -0.3 is 35.1 Å². The number of nitrogens with one attached hydrogen (secondary N) is 4. The summed E-state index contributed by atoms with van der Waals surface area (Å²) in [5.41, 5.74) is 3.47. The van der Waals surface area contributed by atoms with Crippen LogP contribution in [0.4, 0.5) is 39.8 Å². The Morgan fingerprint density at radius 2 is 1.23 bits per heavy atom. The third-order valence-electron chi connectivity index (χ3n) is 10.2. The fourth-order valence-electron chi connectivity index (χ4n) is 7.24. The highest BCUT2D eigenvalue weighted by molar-refractivity contribution is 7.92. The van der Waals surface area contributed by atoms with Gasteiger partial charge in [-0.05, 0) is 81.4 Å². The van der Waals surface area contributed by atoms with Crippen molar-refractivity contribution in [1.29, 1.82) is 0 Å². The van der Waals surface area contributed by atoms with E-state index < -0.39 is 31.4 Å². The summed E-state index contributed by atoms with van der Waals surface area (Å²) in [5.74, 6) is -0.829. The number of aromatic hydroxyl groups is 2. The average Bonchev–Trinajstić information content (AvgIpc) is 3.26. The van der Waals surface area contributed by atoms with Crippen molar-refractivity contribution < 1.29 is 41.1 Å². The first-order valence-corrected chi connectivity index (χ1v) is 24.7. The van der Waals surface area contributed by atoms with Crippen molar-refractivity contribution in [3.05, 3.63) is 100 Å². The minimum absolute atomic E-state index is 0. The molecule has 7 rings (SSSR count). The summed E-state index contributed by atoms with van der Waals surface area (Å²) in [4.78, 5) is 55.4. The molecular formula is C47H57ClN8O11S2. The molecule has 1 aliphatic carbocycles. The zero-order valence-electron chi connectivity index (χ0n) is 38.5. The molecule has 1 aliphatic heterocycles. The summed E-state index contributed by atoms with van der Waals surface area (Å²) < 4.78 is 57.5. The van der Waals surface area contributed by atoms with Gasteiger partial charge in [-0.15, -0.1) is 17.3 Å². The number of hydrogen-bond acceptors (Lipinski definition) is 15. The van der Waals surface area contributed by atoms with Crippen LogP contribution in [0.1, 0.15) is 49.0 Å². The summed E-state index contributed by atoms with van der Waals surface area (Å²) in [7, 11) is -7.04. The Kier molecular flexibility index (Phi) is 19.2. The van der Waals surface area contributed by atoms with E-state index in [9.17, 15) is 46.3 Å². The molecule has 19 nitrogen and oxygen atoms in total. The number of nitrogens with zero attached hydrogens (tertiary/aromatic N) is 4. The smallest absolute Gasteiger partial charge is 0.229 e. The fourth-order valence-corrected chi connectivity index (χ4v) is 8.38. The van der Waals surface area contributed by atoms with Crippen molar-refractivity contribution in [2.24, 2.45) is 5.18 Å². The predicted octanol–water partition coefficient (Wildman–Crippen LogP) is 9.19. The Hall–Kier alpha value is -7.23. The van der Waals surface area contributed by atoms with Crippen LogP contribution in [0.5, 0.6) is 11.5 Å². The number of carbonyl (C=O) groups is 2. The molecule has 2 aliphatic rings. The van der Waals surface area contributed by atoms with Gasteiger partial charge in [-0.1, -0.05) is 31.7 Å². The summed E-state index contributed by atoms with van der Waals surface area (Å²) in [6, 6.07) is 23.1. The minimum atomic E-state index is -3.63. The number of benzene rings is 6. The lowest BCUT2D eigenvalue weighted by Crippen LogP contribution is -2.21. The number of hydrogen-bond donors (Lipinski definition) is 6. The Labute approximate surface area is 406 Å². The first kappa shape index (κ1) is 56.1. The van der Waals surface area contributed by atoms with Crippen LogP contribution in [0.2, 0.25) is 0 Å². The summed E-state index contributed by atoms with van der Waals surface area (Å²) in [6.07, 6.45) is 2.08. The zero-order chi connectivity index (χ0) is 49.4.